The third-order valence-electron chi connectivity index (χ3n) is 2.69. The second kappa shape index (κ2) is 5.63. The number of carbonyl (C=O) groups is 1. The van der Waals surface area contributed by atoms with Crippen LogP contribution in [0.2, 0.25) is 0 Å². The minimum absolute atomic E-state index is 0.265. The number of hydrogen-bond donors (Lipinski definition) is 0. The molecule has 1 heterocycles. The zero-order valence-electron chi connectivity index (χ0n) is 8.74. The van der Waals surface area contributed by atoms with E-state index in [0.29, 0.717) is 6.42 Å². The Bertz CT molecular complexity index is 222. The highest BCUT2D eigenvalue weighted by Crippen LogP contribution is 2.19. The van der Waals surface area contributed by atoms with Gasteiger partial charge in [-0.05, 0) is 25.7 Å². The molecule has 14 heavy (non-hydrogen) atoms. The summed E-state index contributed by atoms with van der Waals surface area (Å²) in [6, 6.07) is 0.265. The maximum atomic E-state index is 11.6. The molecule has 0 saturated carbocycles. The molecule has 1 aliphatic heterocycles. The number of carbonyl (C=O) groups excluding carboxylic acids is 1. The monoisotopic (exact) mass is 193 g/mol. The van der Waals surface area contributed by atoms with Gasteiger partial charge in [0.15, 0.2) is 0 Å². The largest absolute Gasteiger partial charge is 0.336 e. The van der Waals surface area contributed by atoms with Gasteiger partial charge in [0.2, 0.25) is 5.91 Å². The Labute approximate surface area is 86.3 Å². The molecule has 0 aromatic heterocycles. The summed E-state index contributed by atoms with van der Waals surface area (Å²) in [6.07, 6.45) is 8.57. The fourth-order valence-corrected chi connectivity index (χ4v) is 1.89. The summed E-state index contributed by atoms with van der Waals surface area (Å²) in [5.41, 5.74) is 0. The van der Waals surface area contributed by atoms with Crippen LogP contribution in [0.4, 0.5) is 0 Å². The maximum absolute atomic E-state index is 11.6. The van der Waals surface area contributed by atoms with Crippen molar-refractivity contribution in [3.05, 3.63) is 25.3 Å². The fourth-order valence-electron chi connectivity index (χ4n) is 1.89. The van der Waals surface area contributed by atoms with Crippen LogP contribution in [0.25, 0.3) is 0 Å². The molecule has 1 unspecified atom stereocenters. The summed E-state index contributed by atoms with van der Waals surface area (Å²) >= 11 is 0. The topological polar surface area (TPSA) is 20.3 Å². The Morgan fingerprint density at radius 3 is 2.93 bits per heavy atom. The lowest BCUT2D eigenvalue weighted by molar-refractivity contribution is -0.135. The quantitative estimate of drug-likeness (QED) is 0.485. The number of piperidine rings is 1. The molecule has 2 nitrogen and oxygen atoms in total. The van der Waals surface area contributed by atoms with E-state index in [-0.39, 0.29) is 11.9 Å². The molecule has 0 bridgehead atoms. The second-order valence-corrected chi connectivity index (χ2v) is 3.71. The van der Waals surface area contributed by atoms with E-state index in [4.69, 9.17) is 0 Å². The molecule has 2 heteroatoms. The van der Waals surface area contributed by atoms with Gasteiger partial charge in [-0.1, -0.05) is 12.2 Å². The summed E-state index contributed by atoms with van der Waals surface area (Å²) in [7, 11) is 0. The van der Waals surface area contributed by atoms with E-state index in [2.05, 4.69) is 13.2 Å². The molecule has 1 rings (SSSR count). The van der Waals surface area contributed by atoms with E-state index >= 15 is 0 Å². The molecule has 1 atom stereocenters. The first kappa shape index (κ1) is 11.0. The van der Waals surface area contributed by atoms with Gasteiger partial charge in [0.25, 0.3) is 0 Å². The average molecular weight is 193 g/mol. The summed E-state index contributed by atoms with van der Waals surface area (Å²) in [6.45, 7) is 8.31. The van der Waals surface area contributed by atoms with Crippen LogP contribution in [0.3, 0.4) is 0 Å². The lowest BCUT2D eigenvalue weighted by Crippen LogP contribution is -2.42. The third-order valence-corrected chi connectivity index (χ3v) is 2.69. The van der Waals surface area contributed by atoms with Gasteiger partial charge in [-0.15, -0.1) is 13.2 Å². The third kappa shape index (κ3) is 2.72. The number of amides is 1. The first-order valence-electron chi connectivity index (χ1n) is 5.32. The van der Waals surface area contributed by atoms with E-state index in [1.807, 2.05) is 17.1 Å². The highest BCUT2D eigenvalue weighted by molar-refractivity contribution is 5.77. The van der Waals surface area contributed by atoms with Gasteiger partial charge >= 0.3 is 0 Å². The predicted octanol–water partition coefficient (Wildman–Crippen LogP) is 2.52. The molecule has 78 valence electrons. The van der Waals surface area contributed by atoms with Gasteiger partial charge in [-0.3, -0.25) is 4.79 Å². The van der Waals surface area contributed by atoms with Crippen LogP contribution >= 0.6 is 0 Å². The van der Waals surface area contributed by atoms with Crippen LogP contribution in [0.1, 0.15) is 32.1 Å². The summed E-state index contributed by atoms with van der Waals surface area (Å²) in [5.74, 6) is 0.283. The van der Waals surface area contributed by atoms with Crippen molar-refractivity contribution in [2.75, 3.05) is 6.54 Å². The lowest BCUT2D eigenvalue weighted by Gasteiger charge is -2.33. The van der Waals surface area contributed by atoms with Crippen molar-refractivity contribution in [2.24, 2.45) is 0 Å². The van der Waals surface area contributed by atoms with Gasteiger partial charge in [0.1, 0.15) is 0 Å². The molecule has 0 spiro atoms. The molecular weight excluding hydrogens is 174 g/mol. The summed E-state index contributed by atoms with van der Waals surface area (Å²) < 4.78 is 0. The lowest BCUT2D eigenvalue weighted by atomic mass is 10.0. The van der Waals surface area contributed by atoms with Gasteiger partial charge in [0, 0.05) is 19.0 Å². The van der Waals surface area contributed by atoms with E-state index in [0.717, 1.165) is 32.2 Å². The molecule has 0 aromatic carbocycles. The smallest absolute Gasteiger partial charge is 0.223 e. The average Bonchev–Trinajstić information content (AvgIpc) is 2.20. The van der Waals surface area contributed by atoms with E-state index < -0.39 is 0 Å². The normalized spacial score (nSPS) is 22.1. The van der Waals surface area contributed by atoms with Crippen molar-refractivity contribution in [3.63, 3.8) is 0 Å². The first-order valence-corrected chi connectivity index (χ1v) is 5.32. The van der Waals surface area contributed by atoms with Crippen LogP contribution in [-0.2, 0) is 4.79 Å². The van der Waals surface area contributed by atoms with Crippen LogP contribution < -0.4 is 0 Å². The number of nitrogens with zero attached hydrogens (tertiary/aromatic N) is 1. The number of allylic oxidation sites excluding steroid dienone is 1. The van der Waals surface area contributed by atoms with E-state index in [1.54, 1.807) is 0 Å². The molecule has 1 amide bonds. The van der Waals surface area contributed by atoms with Crippen molar-refractivity contribution in [1.82, 2.24) is 4.90 Å². The summed E-state index contributed by atoms with van der Waals surface area (Å²) in [4.78, 5) is 13.6. The standard InChI is InChI=1S/C12H19NO/c1-3-5-6-10-13-11(4-2)8-7-9-12(13)14/h3-4,11H,1-2,5-10H2. The Hall–Kier alpha value is -1.05. The van der Waals surface area contributed by atoms with Crippen LogP contribution in [0.5, 0.6) is 0 Å². The zero-order chi connectivity index (χ0) is 10.4. The summed E-state index contributed by atoms with van der Waals surface area (Å²) in [5, 5.41) is 0. The van der Waals surface area contributed by atoms with Crippen molar-refractivity contribution in [3.8, 4) is 0 Å². The SMILES string of the molecule is C=CCCCN1C(=O)CCCC1C=C. The Morgan fingerprint density at radius 1 is 1.50 bits per heavy atom. The maximum Gasteiger partial charge on any atom is 0.223 e. The van der Waals surface area contributed by atoms with Gasteiger partial charge in [0.05, 0.1) is 0 Å². The molecular formula is C12H19NO. The highest BCUT2D eigenvalue weighted by Gasteiger charge is 2.24. The van der Waals surface area contributed by atoms with Crippen molar-refractivity contribution < 1.29 is 4.79 Å². The number of likely N-dealkylation sites (tertiary alicyclic amines) is 1. The van der Waals surface area contributed by atoms with Crippen LogP contribution in [-0.4, -0.2) is 23.4 Å². The number of hydrogen-bond acceptors (Lipinski definition) is 1. The van der Waals surface area contributed by atoms with Gasteiger partial charge in [-0.25, -0.2) is 0 Å². The number of rotatable bonds is 5. The molecule has 0 aliphatic carbocycles. The molecule has 1 aliphatic rings. The zero-order valence-corrected chi connectivity index (χ0v) is 8.74. The molecule has 0 aromatic rings. The van der Waals surface area contributed by atoms with Crippen molar-refractivity contribution in [1.29, 1.82) is 0 Å². The highest BCUT2D eigenvalue weighted by atomic mass is 16.2. The van der Waals surface area contributed by atoms with Gasteiger partial charge < -0.3 is 4.90 Å². The van der Waals surface area contributed by atoms with Crippen LogP contribution in [0.15, 0.2) is 25.3 Å². The molecule has 1 fully saturated rings. The fraction of sp³-hybridized carbons (Fsp3) is 0.583. The second-order valence-electron chi connectivity index (χ2n) is 3.71. The van der Waals surface area contributed by atoms with E-state index in [1.165, 1.54) is 0 Å². The Kier molecular flexibility index (Phi) is 4.44. The predicted molar refractivity (Wildman–Crippen MR) is 59.0 cm³/mol. The minimum Gasteiger partial charge on any atom is -0.336 e. The first-order chi connectivity index (χ1) is 6.79. The van der Waals surface area contributed by atoms with Crippen molar-refractivity contribution in [2.45, 2.75) is 38.1 Å². The molecule has 0 N–H and O–H groups in total. The van der Waals surface area contributed by atoms with Gasteiger partial charge in [-0.2, -0.15) is 0 Å². The number of unbranched alkanes of at least 4 members (excludes halogenated alkanes) is 1. The van der Waals surface area contributed by atoms with Crippen molar-refractivity contribution >= 4 is 5.91 Å². The minimum atomic E-state index is 0.265. The van der Waals surface area contributed by atoms with Crippen LogP contribution in [0, 0.1) is 0 Å². The Morgan fingerprint density at radius 2 is 2.29 bits per heavy atom. The molecule has 0 radical (unpaired) electrons. The van der Waals surface area contributed by atoms with E-state index in [9.17, 15) is 4.79 Å². The Balaban J connectivity index is 2.46. The molecule has 1 saturated heterocycles.